The number of aromatic amines is 1. The normalized spacial score (nSPS) is 26.5. The third kappa shape index (κ3) is 1.73. The lowest BCUT2D eigenvalue weighted by Gasteiger charge is -2.14. The monoisotopic (exact) mass is 278 g/mol. The van der Waals surface area contributed by atoms with Gasteiger partial charge in [-0.05, 0) is 0 Å². The number of ether oxygens (including phenoxy) is 1. The molecule has 2 aromatic heterocycles. The van der Waals surface area contributed by atoms with Crippen LogP contribution in [0.25, 0.3) is 11.0 Å². The molecule has 106 valence electrons. The van der Waals surface area contributed by atoms with E-state index in [4.69, 9.17) is 15.6 Å². The molecule has 0 saturated carbocycles. The van der Waals surface area contributed by atoms with E-state index in [1.54, 1.807) is 10.6 Å². The van der Waals surface area contributed by atoms with Crippen molar-refractivity contribution >= 4 is 16.9 Å². The molecule has 20 heavy (non-hydrogen) atoms. The number of pyridine rings is 1. The average Bonchev–Trinajstić information content (AvgIpc) is 2.93. The lowest BCUT2D eigenvalue weighted by atomic mass is 10.1. The predicted octanol–water partition coefficient (Wildman–Crippen LogP) is -0.886. The van der Waals surface area contributed by atoms with Crippen molar-refractivity contribution in [3.05, 3.63) is 34.9 Å². The standard InChI is InChI=1S/C12H14N4O4/c1-5-10(18)7(3-17)20-12(5)16-4-14-9-6(16)2-8(13)15-11(9)19/h2,4,7,10,12,17-18H,1,3H2,(H3,13,15,19)/t7-,10+,12+/m1/s1. The van der Waals surface area contributed by atoms with Crippen molar-refractivity contribution < 1.29 is 14.9 Å². The Morgan fingerprint density at radius 3 is 3.00 bits per heavy atom. The van der Waals surface area contributed by atoms with Gasteiger partial charge >= 0.3 is 0 Å². The number of H-pyrrole nitrogens is 1. The summed E-state index contributed by atoms with van der Waals surface area (Å²) in [5, 5.41) is 19.0. The van der Waals surface area contributed by atoms with Crippen LogP contribution in [0.5, 0.6) is 0 Å². The summed E-state index contributed by atoms with van der Waals surface area (Å²) in [6.07, 6.45) is -0.999. The van der Waals surface area contributed by atoms with Gasteiger partial charge in [0.1, 0.15) is 18.0 Å². The lowest BCUT2D eigenvalue weighted by Crippen LogP contribution is -2.25. The number of rotatable bonds is 2. The Morgan fingerprint density at radius 1 is 1.60 bits per heavy atom. The van der Waals surface area contributed by atoms with Gasteiger partial charge < -0.3 is 25.7 Å². The van der Waals surface area contributed by atoms with Crippen LogP contribution in [0.4, 0.5) is 5.82 Å². The quantitative estimate of drug-likeness (QED) is 0.528. The largest absolute Gasteiger partial charge is 0.394 e. The molecule has 3 rings (SSSR count). The summed E-state index contributed by atoms with van der Waals surface area (Å²) in [5.41, 5.74) is 6.30. The first-order valence-electron chi connectivity index (χ1n) is 6.01. The highest BCUT2D eigenvalue weighted by atomic mass is 16.5. The Bertz CT molecular complexity index is 735. The van der Waals surface area contributed by atoms with Gasteiger partial charge in [-0.3, -0.25) is 9.36 Å². The molecular formula is C12H14N4O4. The minimum atomic E-state index is -0.971. The molecule has 1 aliphatic heterocycles. The number of nitrogen functional groups attached to an aromatic ring is 1. The summed E-state index contributed by atoms with van der Waals surface area (Å²) in [6, 6.07) is 1.55. The zero-order valence-electron chi connectivity index (χ0n) is 10.5. The third-order valence-electron chi connectivity index (χ3n) is 3.38. The van der Waals surface area contributed by atoms with Crippen molar-refractivity contribution in [3.8, 4) is 0 Å². The molecule has 0 amide bonds. The average molecular weight is 278 g/mol. The maximum Gasteiger partial charge on any atom is 0.277 e. The number of fused-ring (bicyclic) bond motifs is 1. The van der Waals surface area contributed by atoms with E-state index in [-0.39, 0.29) is 17.9 Å². The van der Waals surface area contributed by atoms with Gasteiger partial charge in [0, 0.05) is 11.6 Å². The first-order valence-corrected chi connectivity index (χ1v) is 6.01. The number of hydrogen-bond donors (Lipinski definition) is 4. The van der Waals surface area contributed by atoms with E-state index in [0.717, 1.165) is 0 Å². The zero-order valence-corrected chi connectivity index (χ0v) is 10.5. The topological polar surface area (TPSA) is 126 Å². The first-order chi connectivity index (χ1) is 9.52. The molecule has 1 saturated heterocycles. The highest BCUT2D eigenvalue weighted by Crippen LogP contribution is 2.34. The molecule has 8 nitrogen and oxygen atoms in total. The van der Waals surface area contributed by atoms with E-state index in [2.05, 4.69) is 16.5 Å². The van der Waals surface area contributed by atoms with Gasteiger partial charge in [-0.1, -0.05) is 6.58 Å². The second-order valence-corrected chi connectivity index (χ2v) is 4.67. The Balaban J connectivity index is 2.12. The lowest BCUT2D eigenvalue weighted by molar-refractivity contribution is -0.0421. The molecule has 0 aromatic carbocycles. The van der Waals surface area contributed by atoms with Crippen molar-refractivity contribution in [1.82, 2.24) is 14.5 Å². The molecule has 0 bridgehead atoms. The third-order valence-corrected chi connectivity index (χ3v) is 3.38. The number of aromatic nitrogens is 3. The van der Waals surface area contributed by atoms with Crippen LogP contribution in [-0.2, 0) is 4.74 Å². The van der Waals surface area contributed by atoms with Crippen molar-refractivity contribution in [2.45, 2.75) is 18.4 Å². The Morgan fingerprint density at radius 2 is 2.35 bits per heavy atom. The van der Waals surface area contributed by atoms with Crippen LogP contribution in [0, 0.1) is 0 Å². The molecule has 3 atom stereocenters. The molecule has 0 unspecified atom stereocenters. The summed E-state index contributed by atoms with van der Waals surface area (Å²) >= 11 is 0. The fourth-order valence-electron chi connectivity index (χ4n) is 2.35. The number of imidazole rings is 1. The van der Waals surface area contributed by atoms with Crippen molar-refractivity contribution in [1.29, 1.82) is 0 Å². The minimum absolute atomic E-state index is 0.201. The smallest absolute Gasteiger partial charge is 0.277 e. The Hall–Kier alpha value is -2.16. The molecule has 0 radical (unpaired) electrons. The van der Waals surface area contributed by atoms with Crippen LogP contribution in [0.3, 0.4) is 0 Å². The van der Waals surface area contributed by atoms with Crippen molar-refractivity contribution in [2.24, 2.45) is 0 Å². The fraction of sp³-hybridized carbons (Fsp3) is 0.333. The van der Waals surface area contributed by atoms with Gasteiger partial charge in [0.25, 0.3) is 5.56 Å². The van der Waals surface area contributed by atoms with Gasteiger partial charge in [0.2, 0.25) is 0 Å². The van der Waals surface area contributed by atoms with E-state index in [9.17, 15) is 9.90 Å². The van der Waals surface area contributed by atoms with E-state index >= 15 is 0 Å². The van der Waals surface area contributed by atoms with Crippen LogP contribution in [0.15, 0.2) is 29.3 Å². The maximum absolute atomic E-state index is 11.7. The van der Waals surface area contributed by atoms with E-state index in [0.29, 0.717) is 11.1 Å². The molecular weight excluding hydrogens is 264 g/mol. The van der Waals surface area contributed by atoms with E-state index in [1.807, 2.05) is 0 Å². The number of aliphatic hydroxyl groups excluding tert-OH is 2. The summed E-state index contributed by atoms with van der Waals surface area (Å²) < 4.78 is 7.10. The van der Waals surface area contributed by atoms with Crippen molar-refractivity contribution in [2.75, 3.05) is 12.3 Å². The van der Waals surface area contributed by atoms with Crippen LogP contribution in [0.1, 0.15) is 6.23 Å². The molecule has 5 N–H and O–H groups in total. The van der Waals surface area contributed by atoms with Gasteiger partial charge in [0.15, 0.2) is 11.7 Å². The van der Waals surface area contributed by atoms with Crippen LogP contribution in [-0.4, -0.2) is 43.6 Å². The highest BCUT2D eigenvalue weighted by molar-refractivity contribution is 5.76. The summed E-state index contributed by atoms with van der Waals surface area (Å²) in [4.78, 5) is 18.2. The van der Waals surface area contributed by atoms with Gasteiger partial charge in [-0.2, -0.15) is 0 Å². The Kier molecular flexibility index (Phi) is 2.85. The van der Waals surface area contributed by atoms with Gasteiger partial charge in [-0.15, -0.1) is 0 Å². The number of anilines is 1. The molecule has 1 aliphatic rings. The van der Waals surface area contributed by atoms with Gasteiger partial charge in [0.05, 0.1) is 18.5 Å². The molecule has 0 spiro atoms. The molecule has 1 fully saturated rings. The highest BCUT2D eigenvalue weighted by Gasteiger charge is 2.38. The van der Waals surface area contributed by atoms with E-state index in [1.165, 1.54) is 6.33 Å². The number of hydrogen-bond acceptors (Lipinski definition) is 6. The number of nitrogens with zero attached hydrogens (tertiary/aromatic N) is 2. The second-order valence-electron chi connectivity index (χ2n) is 4.67. The molecule has 0 aliphatic carbocycles. The second kappa shape index (κ2) is 4.44. The van der Waals surface area contributed by atoms with Gasteiger partial charge in [-0.25, -0.2) is 4.98 Å². The maximum atomic E-state index is 11.7. The predicted molar refractivity (Wildman–Crippen MR) is 70.9 cm³/mol. The number of aliphatic hydroxyl groups is 2. The summed E-state index contributed by atoms with van der Waals surface area (Å²) in [7, 11) is 0. The number of nitrogens with one attached hydrogen (secondary N) is 1. The minimum Gasteiger partial charge on any atom is -0.394 e. The van der Waals surface area contributed by atoms with Crippen molar-refractivity contribution in [3.63, 3.8) is 0 Å². The molecule has 3 heterocycles. The zero-order chi connectivity index (χ0) is 14.4. The van der Waals surface area contributed by atoms with Crippen LogP contribution >= 0.6 is 0 Å². The SMILES string of the molecule is C=C1[C@H](O)[C@@H](CO)O[C@@H]1n1cnc2c(=O)[nH]c(N)cc21. The summed E-state index contributed by atoms with van der Waals surface area (Å²) in [6.45, 7) is 3.44. The van der Waals surface area contributed by atoms with Crippen LogP contribution in [0.2, 0.25) is 0 Å². The Labute approximate surface area is 113 Å². The summed E-state index contributed by atoms with van der Waals surface area (Å²) in [5.74, 6) is 0.201. The molecule has 2 aromatic rings. The van der Waals surface area contributed by atoms with E-state index < -0.39 is 24.0 Å². The first kappa shape index (κ1) is 12.9. The van der Waals surface area contributed by atoms with Crippen LogP contribution < -0.4 is 11.3 Å². The molecule has 8 heteroatoms. The fourth-order valence-corrected chi connectivity index (χ4v) is 2.35. The number of nitrogens with two attached hydrogens (primary N) is 1.